The van der Waals surface area contributed by atoms with Crippen LogP contribution in [0.1, 0.15) is 19.3 Å². The van der Waals surface area contributed by atoms with Gasteiger partial charge < -0.3 is 14.7 Å². The molecule has 0 saturated carbocycles. The Labute approximate surface area is 101 Å². The number of piperazine rings is 1. The van der Waals surface area contributed by atoms with Gasteiger partial charge in [0.05, 0.1) is 0 Å². The number of fused-ring (bicyclic) bond motifs is 2. The Morgan fingerprint density at radius 1 is 1.12 bits per heavy atom. The molecule has 3 atom stereocenters. The van der Waals surface area contributed by atoms with E-state index in [4.69, 9.17) is 0 Å². The van der Waals surface area contributed by atoms with E-state index in [-0.39, 0.29) is 23.9 Å². The largest absolute Gasteiger partial charge is 0.329 e. The average molecular weight is 237 g/mol. The Morgan fingerprint density at radius 3 is 2.53 bits per heavy atom. The summed E-state index contributed by atoms with van der Waals surface area (Å²) >= 11 is 0. The Kier molecular flexibility index (Phi) is 2.40. The third-order valence-electron chi connectivity index (χ3n) is 4.40. The fraction of sp³-hybridized carbons (Fsp3) is 0.833. The molecule has 0 aromatic heterocycles. The van der Waals surface area contributed by atoms with Crippen LogP contribution >= 0.6 is 0 Å². The standard InChI is InChI=1S/C12H19N3O2/c1-13(2)8-6-10-12(17)14-5-3-4-9(14)11(16)15(10)7-8/h8-10H,3-7H2,1-2H3/t8-,9-,10+/m1/s1. The van der Waals surface area contributed by atoms with Crippen LogP contribution in [0.4, 0.5) is 0 Å². The van der Waals surface area contributed by atoms with Crippen LogP contribution in [0, 0.1) is 0 Å². The second-order valence-corrected chi connectivity index (χ2v) is 5.55. The molecule has 3 aliphatic heterocycles. The quantitative estimate of drug-likeness (QED) is 0.619. The van der Waals surface area contributed by atoms with Gasteiger partial charge in [0.15, 0.2) is 0 Å². The summed E-state index contributed by atoms with van der Waals surface area (Å²) in [5.41, 5.74) is 0. The third-order valence-corrected chi connectivity index (χ3v) is 4.40. The summed E-state index contributed by atoms with van der Waals surface area (Å²) in [5.74, 6) is 0.355. The predicted molar refractivity (Wildman–Crippen MR) is 62.3 cm³/mol. The van der Waals surface area contributed by atoms with Crippen LogP contribution in [0.2, 0.25) is 0 Å². The maximum absolute atomic E-state index is 12.3. The maximum atomic E-state index is 12.3. The predicted octanol–water partition coefficient (Wildman–Crippen LogP) is -0.478. The van der Waals surface area contributed by atoms with Crippen molar-refractivity contribution in [2.75, 3.05) is 27.2 Å². The van der Waals surface area contributed by atoms with E-state index in [9.17, 15) is 9.59 Å². The monoisotopic (exact) mass is 237 g/mol. The Morgan fingerprint density at radius 2 is 1.82 bits per heavy atom. The van der Waals surface area contributed by atoms with Crippen LogP contribution in [0.15, 0.2) is 0 Å². The highest BCUT2D eigenvalue weighted by Gasteiger charge is 2.51. The first-order valence-electron chi connectivity index (χ1n) is 6.37. The Balaban J connectivity index is 1.86. The van der Waals surface area contributed by atoms with Crippen molar-refractivity contribution in [3.63, 3.8) is 0 Å². The van der Waals surface area contributed by atoms with Crippen molar-refractivity contribution >= 4 is 11.8 Å². The van der Waals surface area contributed by atoms with E-state index in [1.165, 1.54) is 0 Å². The number of hydrogen-bond donors (Lipinski definition) is 0. The first-order chi connectivity index (χ1) is 8.09. The molecule has 0 bridgehead atoms. The van der Waals surface area contributed by atoms with Gasteiger partial charge in [-0.1, -0.05) is 0 Å². The minimum absolute atomic E-state index is 0.153. The summed E-state index contributed by atoms with van der Waals surface area (Å²) in [4.78, 5) is 30.4. The number of nitrogens with zero attached hydrogens (tertiary/aromatic N) is 3. The molecule has 3 saturated heterocycles. The zero-order valence-electron chi connectivity index (χ0n) is 10.4. The summed E-state index contributed by atoms with van der Waals surface area (Å²) in [6.07, 6.45) is 2.61. The highest BCUT2D eigenvalue weighted by molar-refractivity contribution is 5.98. The number of likely N-dealkylation sites (N-methyl/N-ethyl adjacent to an activating group) is 1. The van der Waals surface area contributed by atoms with Gasteiger partial charge >= 0.3 is 0 Å². The summed E-state index contributed by atoms with van der Waals surface area (Å²) in [5, 5.41) is 0. The molecule has 0 radical (unpaired) electrons. The third kappa shape index (κ3) is 1.48. The lowest BCUT2D eigenvalue weighted by Gasteiger charge is -2.38. The van der Waals surface area contributed by atoms with E-state index in [2.05, 4.69) is 4.90 Å². The van der Waals surface area contributed by atoms with Crippen LogP contribution in [0.3, 0.4) is 0 Å². The zero-order valence-corrected chi connectivity index (χ0v) is 10.4. The van der Waals surface area contributed by atoms with Gasteiger partial charge in [-0.3, -0.25) is 9.59 Å². The van der Waals surface area contributed by atoms with Gasteiger partial charge in [0, 0.05) is 19.1 Å². The summed E-state index contributed by atoms with van der Waals surface area (Å²) in [7, 11) is 4.03. The first-order valence-corrected chi connectivity index (χ1v) is 6.37. The maximum Gasteiger partial charge on any atom is 0.246 e. The minimum atomic E-state index is -0.191. The van der Waals surface area contributed by atoms with Crippen molar-refractivity contribution in [2.24, 2.45) is 0 Å². The van der Waals surface area contributed by atoms with Gasteiger partial charge in [0.2, 0.25) is 11.8 Å². The Hall–Kier alpha value is -1.10. The molecule has 0 aromatic carbocycles. The van der Waals surface area contributed by atoms with E-state index in [0.717, 1.165) is 25.8 Å². The molecule has 5 nitrogen and oxygen atoms in total. The van der Waals surface area contributed by atoms with Crippen molar-refractivity contribution in [2.45, 2.75) is 37.4 Å². The lowest BCUT2D eigenvalue weighted by molar-refractivity contribution is -0.156. The van der Waals surface area contributed by atoms with Crippen LogP contribution in [-0.4, -0.2) is 71.8 Å². The summed E-state index contributed by atoms with van der Waals surface area (Å²) in [6, 6.07) is -0.0168. The first kappa shape index (κ1) is 11.0. The lowest BCUT2D eigenvalue weighted by Crippen LogP contribution is -2.60. The molecule has 2 amide bonds. The second-order valence-electron chi connectivity index (χ2n) is 5.55. The van der Waals surface area contributed by atoms with Crippen LogP contribution in [-0.2, 0) is 9.59 Å². The SMILES string of the molecule is CN(C)[C@@H]1C[C@H]2C(=O)N3CCC[C@@H]3C(=O)N2C1. The molecule has 5 heteroatoms. The van der Waals surface area contributed by atoms with Gasteiger partial charge in [0.1, 0.15) is 12.1 Å². The van der Waals surface area contributed by atoms with Crippen molar-refractivity contribution in [1.29, 1.82) is 0 Å². The number of amides is 2. The molecule has 0 unspecified atom stereocenters. The smallest absolute Gasteiger partial charge is 0.246 e. The lowest BCUT2D eigenvalue weighted by atomic mass is 10.1. The van der Waals surface area contributed by atoms with Gasteiger partial charge in [-0.25, -0.2) is 0 Å². The van der Waals surface area contributed by atoms with Crippen LogP contribution < -0.4 is 0 Å². The average Bonchev–Trinajstić information content (AvgIpc) is 2.92. The van der Waals surface area contributed by atoms with Gasteiger partial charge in [-0.05, 0) is 33.4 Å². The molecule has 0 spiro atoms. The number of hydrogen-bond acceptors (Lipinski definition) is 3. The highest BCUT2D eigenvalue weighted by Crippen LogP contribution is 2.32. The molecule has 94 valence electrons. The molecular formula is C12H19N3O2. The fourth-order valence-electron chi connectivity index (χ4n) is 3.34. The normalized spacial score (nSPS) is 36.8. The van der Waals surface area contributed by atoms with Gasteiger partial charge in [-0.15, -0.1) is 0 Å². The highest BCUT2D eigenvalue weighted by atomic mass is 16.2. The molecule has 3 rings (SSSR count). The number of carbonyl (C=O) groups excluding carboxylic acids is 2. The Bertz CT molecular complexity index is 339. The fourth-order valence-corrected chi connectivity index (χ4v) is 3.34. The van der Waals surface area contributed by atoms with Crippen LogP contribution in [0.5, 0.6) is 0 Å². The molecule has 0 aliphatic carbocycles. The number of rotatable bonds is 1. The second kappa shape index (κ2) is 3.70. The molecule has 0 aromatic rings. The molecule has 3 aliphatic rings. The molecule has 3 fully saturated rings. The molecule has 3 heterocycles. The van der Waals surface area contributed by atoms with Crippen LogP contribution in [0.25, 0.3) is 0 Å². The van der Waals surface area contributed by atoms with Gasteiger partial charge in [-0.2, -0.15) is 0 Å². The summed E-state index contributed by atoms with van der Waals surface area (Å²) < 4.78 is 0. The van der Waals surface area contributed by atoms with E-state index in [1.54, 1.807) is 0 Å². The molecular weight excluding hydrogens is 218 g/mol. The van der Waals surface area contributed by atoms with Crippen molar-refractivity contribution in [1.82, 2.24) is 14.7 Å². The molecule has 17 heavy (non-hydrogen) atoms. The van der Waals surface area contributed by atoms with E-state index < -0.39 is 0 Å². The van der Waals surface area contributed by atoms with Gasteiger partial charge in [0.25, 0.3) is 0 Å². The molecule has 0 N–H and O–H groups in total. The zero-order chi connectivity index (χ0) is 12.2. The minimum Gasteiger partial charge on any atom is -0.329 e. The number of carbonyl (C=O) groups is 2. The van der Waals surface area contributed by atoms with E-state index >= 15 is 0 Å². The van der Waals surface area contributed by atoms with Crippen molar-refractivity contribution < 1.29 is 9.59 Å². The topological polar surface area (TPSA) is 43.9 Å². The van der Waals surface area contributed by atoms with E-state index in [0.29, 0.717) is 12.6 Å². The van der Waals surface area contributed by atoms with Crippen molar-refractivity contribution in [3.05, 3.63) is 0 Å². The van der Waals surface area contributed by atoms with Crippen molar-refractivity contribution in [3.8, 4) is 0 Å². The van der Waals surface area contributed by atoms with E-state index in [1.807, 2.05) is 23.9 Å². The summed E-state index contributed by atoms with van der Waals surface area (Å²) in [6.45, 7) is 1.48.